The Morgan fingerprint density at radius 1 is 0.825 bits per heavy atom. The summed E-state index contributed by atoms with van der Waals surface area (Å²) in [6.45, 7) is 0.0908. The number of ether oxygens (including phenoxy) is 2. The summed E-state index contributed by atoms with van der Waals surface area (Å²) in [7, 11) is 0.912. The standard InChI is InChI=1S/C30H37N3O6S/c1-32(40(4,36)37)22-29(34)33(21-25-12-16-27(39-3)17-13-25)28(20-24-8-6-5-7-9-24)30(35)31-19-18-23-10-14-26(38-2)15-11-23/h5-17,28H,18-22H2,1-4H3,(H,31,35). The van der Waals surface area contributed by atoms with Crippen LogP contribution in [0.25, 0.3) is 0 Å². The molecule has 0 saturated carbocycles. The van der Waals surface area contributed by atoms with E-state index in [1.54, 1.807) is 26.4 Å². The van der Waals surface area contributed by atoms with Crippen LogP contribution in [0.5, 0.6) is 11.5 Å². The van der Waals surface area contributed by atoms with Gasteiger partial charge in [-0.15, -0.1) is 0 Å². The van der Waals surface area contributed by atoms with Gasteiger partial charge in [0.25, 0.3) is 0 Å². The molecule has 0 aliphatic carbocycles. The molecule has 0 fully saturated rings. The maximum Gasteiger partial charge on any atom is 0.243 e. The van der Waals surface area contributed by atoms with Gasteiger partial charge in [0.1, 0.15) is 17.5 Å². The third kappa shape index (κ3) is 9.10. The minimum Gasteiger partial charge on any atom is -0.497 e. The van der Waals surface area contributed by atoms with Gasteiger partial charge in [0, 0.05) is 26.6 Å². The largest absolute Gasteiger partial charge is 0.497 e. The molecule has 0 radical (unpaired) electrons. The third-order valence-corrected chi connectivity index (χ3v) is 7.84. The van der Waals surface area contributed by atoms with Crippen molar-refractivity contribution in [1.82, 2.24) is 14.5 Å². The summed E-state index contributed by atoms with van der Waals surface area (Å²) in [6, 6.07) is 23.4. The first-order valence-electron chi connectivity index (χ1n) is 12.9. The monoisotopic (exact) mass is 567 g/mol. The quantitative estimate of drug-likeness (QED) is 0.321. The van der Waals surface area contributed by atoms with Crippen molar-refractivity contribution in [3.05, 3.63) is 95.6 Å². The Bertz CT molecular complexity index is 1350. The lowest BCUT2D eigenvalue weighted by Crippen LogP contribution is -2.53. The molecular weight excluding hydrogens is 530 g/mol. The minimum atomic E-state index is -3.61. The number of benzene rings is 3. The molecule has 3 aromatic carbocycles. The summed E-state index contributed by atoms with van der Waals surface area (Å²) < 4.78 is 35.6. The van der Waals surface area contributed by atoms with E-state index in [9.17, 15) is 18.0 Å². The summed E-state index contributed by atoms with van der Waals surface area (Å²) in [5.74, 6) is 0.620. The van der Waals surface area contributed by atoms with Crippen LogP contribution in [-0.2, 0) is 39.0 Å². The smallest absolute Gasteiger partial charge is 0.243 e. The Hall–Kier alpha value is -3.89. The number of amides is 2. The molecule has 0 aliphatic rings. The second kappa shape index (κ2) is 14.5. The second-order valence-corrected chi connectivity index (χ2v) is 11.6. The lowest BCUT2D eigenvalue weighted by Gasteiger charge is -2.32. The SMILES string of the molecule is COc1ccc(CCNC(=O)C(Cc2ccccc2)N(Cc2ccc(OC)cc2)C(=O)CN(C)S(C)(=O)=O)cc1. The van der Waals surface area contributed by atoms with E-state index in [1.165, 1.54) is 11.9 Å². The van der Waals surface area contributed by atoms with Gasteiger partial charge in [-0.3, -0.25) is 9.59 Å². The maximum absolute atomic E-state index is 13.7. The van der Waals surface area contributed by atoms with Gasteiger partial charge in [0.2, 0.25) is 21.8 Å². The molecular formula is C30H37N3O6S. The van der Waals surface area contributed by atoms with Crippen molar-refractivity contribution in [3.63, 3.8) is 0 Å². The molecule has 0 heterocycles. The fourth-order valence-electron chi connectivity index (χ4n) is 4.12. The predicted octanol–water partition coefficient (Wildman–Crippen LogP) is 2.89. The Morgan fingerprint density at radius 2 is 1.38 bits per heavy atom. The van der Waals surface area contributed by atoms with Gasteiger partial charge < -0.3 is 19.7 Å². The summed E-state index contributed by atoms with van der Waals surface area (Å²) in [4.78, 5) is 28.8. The van der Waals surface area contributed by atoms with Crippen molar-refractivity contribution >= 4 is 21.8 Å². The molecule has 0 bridgehead atoms. The summed E-state index contributed by atoms with van der Waals surface area (Å²) in [5.41, 5.74) is 2.68. The van der Waals surface area contributed by atoms with E-state index in [0.29, 0.717) is 18.7 Å². The van der Waals surface area contributed by atoms with Gasteiger partial charge in [-0.1, -0.05) is 54.6 Å². The first kappa shape index (κ1) is 30.6. The van der Waals surface area contributed by atoms with Crippen LogP contribution in [0, 0.1) is 0 Å². The number of nitrogens with one attached hydrogen (secondary N) is 1. The van der Waals surface area contributed by atoms with Crippen LogP contribution in [0.1, 0.15) is 16.7 Å². The molecule has 0 spiro atoms. The van der Waals surface area contributed by atoms with E-state index >= 15 is 0 Å². The number of carbonyl (C=O) groups is 2. The summed E-state index contributed by atoms with van der Waals surface area (Å²) in [5, 5.41) is 2.99. The number of hydrogen-bond acceptors (Lipinski definition) is 6. The number of methoxy groups -OCH3 is 2. The second-order valence-electron chi connectivity index (χ2n) is 9.48. The van der Waals surface area contributed by atoms with E-state index in [0.717, 1.165) is 33.0 Å². The first-order chi connectivity index (χ1) is 19.1. The van der Waals surface area contributed by atoms with Gasteiger partial charge in [-0.2, -0.15) is 4.31 Å². The van der Waals surface area contributed by atoms with Crippen LogP contribution in [0.2, 0.25) is 0 Å². The van der Waals surface area contributed by atoms with Crippen molar-refractivity contribution in [1.29, 1.82) is 0 Å². The number of carbonyl (C=O) groups excluding carboxylic acids is 2. The highest BCUT2D eigenvalue weighted by molar-refractivity contribution is 7.88. The predicted molar refractivity (Wildman–Crippen MR) is 155 cm³/mol. The Morgan fingerprint density at radius 3 is 1.90 bits per heavy atom. The molecule has 0 aliphatic heterocycles. The summed E-state index contributed by atoms with van der Waals surface area (Å²) in [6.07, 6.45) is 1.90. The molecule has 214 valence electrons. The van der Waals surface area contributed by atoms with E-state index in [1.807, 2.05) is 66.7 Å². The molecule has 40 heavy (non-hydrogen) atoms. The number of hydrogen-bond donors (Lipinski definition) is 1. The average Bonchev–Trinajstić information content (AvgIpc) is 2.95. The molecule has 3 aromatic rings. The van der Waals surface area contributed by atoms with E-state index < -0.39 is 22.0 Å². The van der Waals surface area contributed by atoms with Crippen LogP contribution >= 0.6 is 0 Å². The molecule has 0 saturated heterocycles. The molecule has 10 heteroatoms. The number of sulfonamides is 1. The van der Waals surface area contributed by atoms with Crippen molar-refractivity contribution in [2.75, 3.05) is 40.6 Å². The number of likely N-dealkylation sites (N-methyl/N-ethyl adjacent to an activating group) is 1. The Balaban J connectivity index is 1.88. The van der Waals surface area contributed by atoms with Crippen molar-refractivity contribution in [3.8, 4) is 11.5 Å². The molecule has 2 amide bonds. The lowest BCUT2D eigenvalue weighted by atomic mass is 10.0. The first-order valence-corrected chi connectivity index (χ1v) is 14.7. The van der Waals surface area contributed by atoms with E-state index in [-0.39, 0.29) is 25.4 Å². The molecule has 1 atom stereocenters. The molecule has 3 rings (SSSR count). The lowest BCUT2D eigenvalue weighted by molar-refractivity contribution is -0.141. The Labute approximate surface area is 236 Å². The van der Waals surface area contributed by atoms with Gasteiger partial charge in [0.05, 0.1) is 27.0 Å². The molecule has 0 aromatic heterocycles. The molecule has 1 unspecified atom stereocenters. The van der Waals surface area contributed by atoms with E-state index in [2.05, 4.69) is 5.32 Å². The third-order valence-electron chi connectivity index (χ3n) is 6.58. The highest BCUT2D eigenvalue weighted by Gasteiger charge is 2.31. The van der Waals surface area contributed by atoms with E-state index in [4.69, 9.17) is 9.47 Å². The summed E-state index contributed by atoms with van der Waals surface area (Å²) >= 11 is 0. The Kier molecular flexibility index (Phi) is 11.1. The fraction of sp³-hybridized carbons (Fsp3) is 0.333. The fourth-order valence-corrected chi connectivity index (χ4v) is 4.47. The normalized spacial score (nSPS) is 12.0. The maximum atomic E-state index is 13.7. The average molecular weight is 568 g/mol. The zero-order valence-electron chi connectivity index (χ0n) is 23.4. The van der Waals surface area contributed by atoms with Crippen molar-refractivity contribution < 1.29 is 27.5 Å². The minimum absolute atomic E-state index is 0.115. The van der Waals surface area contributed by atoms with Gasteiger partial charge in [0.15, 0.2) is 0 Å². The van der Waals surface area contributed by atoms with Crippen LogP contribution in [0.3, 0.4) is 0 Å². The van der Waals surface area contributed by atoms with Crippen LogP contribution in [0.4, 0.5) is 0 Å². The van der Waals surface area contributed by atoms with Crippen LogP contribution in [-0.4, -0.2) is 76.1 Å². The van der Waals surface area contributed by atoms with Gasteiger partial charge in [-0.05, 0) is 47.4 Å². The van der Waals surface area contributed by atoms with Crippen LogP contribution < -0.4 is 14.8 Å². The number of rotatable bonds is 14. The number of nitrogens with zero attached hydrogens (tertiary/aromatic N) is 2. The highest BCUT2D eigenvalue weighted by Crippen LogP contribution is 2.18. The highest BCUT2D eigenvalue weighted by atomic mass is 32.2. The van der Waals surface area contributed by atoms with Crippen LogP contribution in [0.15, 0.2) is 78.9 Å². The van der Waals surface area contributed by atoms with Gasteiger partial charge in [-0.25, -0.2) is 8.42 Å². The zero-order chi connectivity index (χ0) is 29.1. The van der Waals surface area contributed by atoms with Crippen molar-refractivity contribution in [2.45, 2.75) is 25.4 Å². The zero-order valence-corrected chi connectivity index (χ0v) is 24.2. The van der Waals surface area contributed by atoms with Crippen molar-refractivity contribution in [2.24, 2.45) is 0 Å². The molecule has 1 N–H and O–H groups in total. The molecule has 9 nitrogen and oxygen atoms in total. The topological polar surface area (TPSA) is 105 Å². The van der Waals surface area contributed by atoms with Gasteiger partial charge >= 0.3 is 0 Å².